The first kappa shape index (κ1) is 20.4. The van der Waals surface area contributed by atoms with Crippen molar-refractivity contribution in [3.05, 3.63) is 51.4 Å². The molecular weight excluding hydrogens is 409 g/mol. The Kier molecular flexibility index (Phi) is 5.95. The minimum Gasteiger partial charge on any atom is -0.353 e. The van der Waals surface area contributed by atoms with Gasteiger partial charge in [-0.3, -0.25) is 4.79 Å². The van der Waals surface area contributed by atoms with E-state index in [0.717, 1.165) is 37.3 Å². The van der Waals surface area contributed by atoms with Crippen LogP contribution in [0.15, 0.2) is 24.5 Å². The molecule has 1 aliphatic heterocycles. The van der Waals surface area contributed by atoms with E-state index in [2.05, 4.69) is 21.8 Å². The number of aryl methyl sites for hydroxylation is 1. The zero-order valence-electron chi connectivity index (χ0n) is 16.4. The number of rotatable bonds is 4. The summed E-state index contributed by atoms with van der Waals surface area (Å²) in [5.74, 6) is 1.49. The van der Waals surface area contributed by atoms with Crippen LogP contribution < -0.4 is 10.6 Å². The zero-order chi connectivity index (χ0) is 20.5. The second-order valence-electron chi connectivity index (χ2n) is 7.87. The number of hydrogen-bond donors (Lipinski definition) is 1. The molecular formula is C21H25Cl2N5O. The number of fused-ring (bicyclic) bond motifs is 1. The maximum atomic E-state index is 12.8. The van der Waals surface area contributed by atoms with Crippen molar-refractivity contribution in [3.63, 3.8) is 0 Å². The van der Waals surface area contributed by atoms with Crippen LogP contribution in [0.25, 0.3) is 0 Å². The Morgan fingerprint density at radius 3 is 2.69 bits per heavy atom. The quantitative estimate of drug-likeness (QED) is 0.801. The zero-order valence-corrected chi connectivity index (χ0v) is 18.0. The molecule has 1 aliphatic carbocycles. The second kappa shape index (κ2) is 8.46. The molecule has 4 rings (SSSR count). The lowest BCUT2D eigenvalue weighted by molar-refractivity contribution is -0.132. The van der Waals surface area contributed by atoms with E-state index >= 15 is 0 Å². The molecule has 0 radical (unpaired) electrons. The average molecular weight is 434 g/mol. The minimum absolute atomic E-state index is 0.0305. The molecule has 29 heavy (non-hydrogen) atoms. The van der Waals surface area contributed by atoms with Crippen molar-refractivity contribution < 1.29 is 4.79 Å². The normalized spacial score (nSPS) is 19.9. The van der Waals surface area contributed by atoms with Crippen molar-refractivity contribution in [3.8, 4) is 0 Å². The lowest BCUT2D eigenvalue weighted by Crippen LogP contribution is -2.54. The number of carbonyl (C=O) groups excluding carboxylic acids is 1. The number of amides is 1. The molecule has 1 saturated heterocycles. The van der Waals surface area contributed by atoms with Gasteiger partial charge in [0.1, 0.15) is 12.1 Å². The summed E-state index contributed by atoms with van der Waals surface area (Å²) in [5, 5.41) is 0.973. The smallest absolute Gasteiger partial charge is 0.239 e. The van der Waals surface area contributed by atoms with Gasteiger partial charge in [0, 0.05) is 37.4 Å². The first-order chi connectivity index (χ1) is 13.9. The molecule has 1 unspecified atom stereocenters. The molecule has 0 saturated carbocycles. The summed E-state index contributed by atoms with van der Waals surface area (Å²) in [6.07, 6.45) is 4.25. The monoisotopic (exact) mass is 433 g/mol. The summed E-state index contributed by atoms with van der Waals surface area (Å²) in [6.45, 7) is 5.02. The van der Waals surface area contributed by atoms with Gasteiger partial charge in [-0.2, -0.15) is 0 Å². The molecule has 0 bridgehead atoms. The number of benzene rings is 1. The highest BCUT2D eigenvalue weighted by atomic mass is 35.5. The van der Waals surface area contributed by atoms with Crippen LogP contribution in [0.2, 0.25) is 10.0 Å². The molecule has 1 amide bonds. The van der Waals surface area contributed by atoms with Gasteiger partial charge in [-0.15, -0.1) is 0 Å². The van der Waals surface area contributed by atoms with E-state index in [9.17, 15) is 4.79 Å². The standard InChI is InChI=1S/C21H25Cl2N5O/c1-13-2-5-18-19(13)20(26-12-25-18)27-6-8-28(9-7-27)21(29)17(24)11-14-3-4-15(22)16(23)10-14/h3-4,10,12-13,17H,2,5-9,11,24H2,1H3/t13?,17-/m1/s1. The highest BCUT2D eigenvalue weighted by Crippen LogP contribution is 2.37. The van der Waals surface area contributed by atoms with Gasteiger partial charge in [0.15, 0.2) is 0 Å². The number of piperazine rings is 1. The van der Waals surface area contributed by atoms with Crippen LogP contribution in [0.5, 0.6) is 0 Å². The van der Waals surface area contributed by atoms with Crippen molar-refractivity contribution in [1.29, 1.82) is 0 Å². The summed E-state index contributed by atoms with van der Waals surface area (Å²) >= 11 is 12.0. The third kappa shape index (κ3) is 4.20. The lowest BCUT2D eigenvalue weighted by atomic mass is 10.0. The molecule has 0 spiro atoms. The summed E-state index contributed by atoms with van der Waals surface area (Å²) < 4.78 is 0. The van der Waals surface area contributed by atoms with Crippen LogP contribution >= 0.6 is 23.2 Å². The van der Waals surface area contributed by atoms with Crippen molar-refractivity contribution in [1.82, 2.24) is 14.9 Å². The van der Waals surface area contributed by atoms with E-state index in [4.69, 9.17) is 28.9 Å². The Labute approximate surface area is 181 Å². The molecule has 2 aliphatic rings. The highest BCUT2D eigenvalue weighted by molar-refractivity contribution is 6.42. The van der Waals surface area contributed by atoms with Gasteiger partial charge >= 0.3 is 0 Å². The molecule has 2 atom stereocenters. The van der Waals surface area contributed by atoms with Crippen LogP contribution in [0.4, 0.5) is 5.82 Å². The number of hydrogen-bond acceptors (Lipinski definition) is 5. The Morgan fingerprint density at radius 1 is 1.21 bits per heavy atom. The van der Waals surface area contributed by atoms with Gasteiger partial charge < -0.3 is 15.5 Å². The Morgan fingerprint density at radius 2 is 1.97 bits per heavy atom. The van der Waals surface area contributed by atoms with Crippen molar-refractivity contribution in [2.75, 3.05) is 31.1 Å². The van der Waals surface area contributed by atoms with Crippen molar-refractivity contribution >= 4 is 34.9 Å². The minimum atomic E-state index is -0.595. The van der Waals surface area contributed by atoms with E-state index in [-0.39, 0.29) is 5.91 Å². The summed E-state index contributed by atoms with van der Waals surface area (Å²) in [6, 6.07) is 4.76. The Bertz CT molecular complexity index is 914. The van der Waals surface area contributed by atoms with Crippen LogP contribution in [0.1, 0.15) is 36.1 Å². The number of anilines is 1. The first-order valence-electron chi connectivity index (χ1n) is 10.0. The number of halogens is 2. The first-order valence-corrected chi connectivity index (χ1v) is 10.8. The van der Waals surface area contributed by atoms with Crippen LogP contribution in [-0.4, -0.2) is 53.0 Å². The molecule has 1 aromatic heterocycles. The fraction of sp³-hybridized carbons (Fsp3) is 0.476. The van der Waals surface area contributed by atoms with Gasteiger partial charge in [-0.25, -0.2) is 9.97 Å². The Balaban J connectivity index is 1.38. The molecule has 2 aromatic rings. The molecule has 2 N–H and O–H groups in total. The maximum absolute atomic E-state index is 12.8. The van der Waals surface area contributed by atoms with Crippen LogP contribution in [0, 0.1) is 0 Å². The van der Waals surface area contributed by atoms with Gasteiger partial charge in [-0.1, -0.05) is 36.2 Å². The summed E-state index contributed by atoms with van der Waals surface area (Å²) in [4.78, 5) is 26.0. The lowest BCUT2D eigenvalue weighted by Gasteiger charge is -2.37. The van der Waals surface area contributed by atoms with E-state index in [1.807, 2.05) is 11.0 Å². The Hall–Kier alpha value is -1.89. The molecule has 1 fully saturated rings. The van der Waals surface area contributed by atoms with Crippen LogP contribution in [-0.2, 0) is 17.6 Å². The van der Waals surface area contributed by atoms with E-state index in [0.29, 0.717) is 35.5 Å². The van der Waals surface area contributed by atoms with Gasteiger partial charge in [-0.05, 0) is 42.9 Å². The summed E-state index contributed by atoms with van der Waals surface area (Å²) in [5.41, 5.74) is 9.56. The SMILES string of the molecule is CC1CCc2ncnc(N3CCN(C(=O)[C@H](N)Cc4ccc(Cl)c(Cl)c4)CC3)c21. The highest BCUT2D eigenvalue weighted by Gasteiger charge is 2.30. The predicted octanol–water partition coefficient (Wildman–Crippen LogP) is 3.05. The van der Waals surface area contributed by atoms with E-state index in [1.54, 1.807) is 18.5 Å². The summed E-state index contributed by atoms with van der Waals surface area (Å²) in [7, 11) is 0. The van der Waals surface area contributed by atoms with Gasteiger partial charge in [0.05, 0.1) is 16.1 Å². The molecule has 8 heteroatoms. The number of nitrogens with zero attached hydrogens (tertiary/aromatic N) is 4. The van der Waals surface area contributed by atoms with E-state index < -0.39 is 6.04 Å². The maximum Gasteiger partial charge on any atom is 0.239 e. The van der Waals surface area contributed by atoms with Crippen molar-refractivity contribution in [2.24, 2.45) is 5.73 Å². The fourth-order valence-corrected chi connectivity index (χ4v) is 4.58. The molecule has 1 aromatic carbocycles. The van der Waals surface area contributed by atoms with Crippen molar-refractivity contribution in [2.45, 2.75) is 38.1 Å². The average Bonchev–Trinajstić information content (AvgIpc) is 3.11. The topological polar surface area (TPSA) is 75.4 Å². The predicted molar refractivity (Wildman–Crippen MR) is 116 cm³/mol. The second-order valence-corrected chi connectivity index (χ2v) is 8.68. The van der Waals surface area contributed by atoms with E-state index in [1.165, 1.54) is 11.3 Å². The fourth-order valence-electron chi connectivity index (χ4n) is 4.26. The third-order valence-electron chi connectivity index (χ3n) is 5.90. The third-order valence-corrected chi connectivity index (χ3v) is 6.64. The van der Waals surface area contributed by atoms with Gasteiger partial charge in [0.25, 0.3) is 0 Å². The molecule has 154 valence electrons. The largest absolute Gasteiger partial charge is 0.353 e. The number of aromatic nitrogens is 2. The molecule has 2 heterocycles. The number of nitrogens with two attached hydrogens (primary N) is 1. The molecule has 6 nitrogen and oxygen atoms in total. The van der Waals surface area contributed by atoms with Crippen LogP contribution in [0.3, 0.4) is 0 Å². The number of carbonyl (C=O) groups is 1. The van der Waals surface area contributed by atoms with Gasteiger partial charge in [0.2, 0.25) is 5.91 Å².